The second kappa shape index (κ2) is 8.49. The number of ether oxygens (including phenoxy) is 1. The quantitative estimate of drug-likeness (QED) is 0.422. The Morgan fingerprint density at radius 1 is 0.786 bits per heavy atom. The maximum Gasteiger partial charge on any atom is 0.307 e. The van der Waals surface area contributed by atoms with Crippen LogP contribution in [0.5, 0.6) is 0 Å². The Bertz CT molecular complexity index is 1020. The van der Waals surface area contributed by atoms with Gasteiger partial charge in [0, 0.05) is 23.1 Å². The molecule has 0 atom stereocenters. The van der Waals surface area contributed by atoms with E-state index in [0.717, 1.165) is 27.6 Å². The van der Waals surface area contributed by atoms with E-state index in [2.05, 4.69) is 29.2 Å². The van der Waals surface area contributed by atoms with Gasteiger partial charge in [0.1, 0.15) is 6.61 Å². The third-order valence-electron chi connectivity index (χ3n) is 4.88. The standard InChI is InChI=1S/C25H21NO2/c27-24(28-18-22-14-7-13-21-15-8-16-26-25(21)22)17-23(19-9-3-1-4-10-19)20-11-5-2-6-12-20/h1-16,23H,17-18H2. The fraction of sp³-hybridized carbons (Fsp3) is 0.120. The number of carbonyl (C=O) groups excluding carboxylic acids is 1. The van der Waals surface area contributed by atoms with Gasteiger partial charge in [-0.15, -0.1) is 0 Å². The number of benzene rings is 3. The summed E-state index contributed by atoms with van der Waals surface area (Å²) < 4.78 is 5.63. The lowest BCUT2D eigenvalue weighted by molar-refractivity contribution is -0.145. The molecule has 0 aliphatic heterocycles. The molecule has 28 heavy (non-hydrogen) atoms. The Kier molecular flexibility index (Phi) is 5.43. The molecule has 0 saturated carbocycles. The number of aromatic nitrogens is 1. The third-order valence-corrected chi connectivity index (χ3v) is 4.88. The Morgan fingerprint density at radius 3 is 2.11 bits per heavy atom. The molecule has 1 heterocycles. The third kappa shape index (κ3) is 4.09. The van der Waals surface area contributed by atoms with E-state index in [9.17, 15) is 4.79 Å². The first kappa shape index (κ1) is 17.9. The van der Waals surface area contributed by atoms with E-state index >= 15 is 0 Å². The van der Waals surface area contributed by atoms with Crippen molar-refractivity contribution in [2.75, 3.05) is 0 Å². The number of esters is 1. The molecule has 0 aliphatic carbocycles. The molecule has 0 amide bonds. The van der Waals surface area contributed by atoms with Crippen LogP contribution in [-0.4, -0.2) is 11.0 Å². The van der Waals surface area contributed by atoms with E-state index in [1.807, 2.05) is 66.7 Å². The fourth-order valence-electron chi connectivity index (χ4n) is 3.47. The molecule has 3 aromatic carbocycles. The maximum atomic E-state index is 12.7. The molecule has 0 spiro atoms. The second-order valence-electron chi connectivity index (χ2n) is 6.73. The molecular formula is C25H21NO2. The molecule has 0 saturated heterocycles. The summed E-state index contributed by atoms with van der Waals surface area (Å²) in [5.74, 6) is -0.244. The summed E-state index contributed by atoms with van der Waals surface area (Å²) in [5.41, 5.74) is 4.01. The van der Waals surface area contributed by atoms with Crippen LogP contribution < -0.4 is 0 Å². The van der Waals surface area contributed by atoms with E-state index < -0.39 is 0 Å². The SMILES string of the molecule is O=C(CC(c1ccccc1)c1ccccc1)OCc1cccc2cccnc12. The van der Waals surface area contributed by atoms with E-state index in [1.54, 1.807) is 6.20 Å². The smallest absolute Gasteiger partial charge is 0.307 e. The molecule has 3 heteroatoms. The van der Waals surface area contributed by atoms with Gasteiger partial charge >= 0.3 is 5.97 Å². The molecule has 0 unspecified atom stereocenters. The maximum absolute atomic E-state index is 12.7. The number of hydrogen-bond acceptors (Lipinski definition) is 3. The Morgan fingerprint density at radius 2 is 1.43 bits per heavy atom. The molecular weight excluding hydrogens is 346 g/mol. The van der Waals surface area contributed by atoms with Gasteiger partial charge in [-0.25, -0.2) is 0 Å². The van der Waals surface area contributed by atoms with Gasteiger partial charge in [0.2, 0.25) is 0 Å². The highest BCUT2D eigenvalue weighted by atomic mass is 16.5. The molecule has 0 bridgehead atoms. The highest BCUT2D eigenvalue weighted by Gasteiger charge is 2.19. The zero-order valence-corrected chi connectivity index (χ0v) is 15.5. The molecule has 0 N–H and O–H groups in total. The summed E-state index contributed by atoms with van der Waals surface area (Å²) in [4.78, 5) is 17.1. The predicted octanol–water partition coefficient (Wildman–Crippen LogP) is 5.50. The zero-order valence-electron chi connectivity index (χ0n) is 15.5. The Balaban J connectivity index is 1.50. The Hall–Kier alpha value is -3.46. The molecule has 0 fully saturated rings. The highest BCUT2D eigenvalue weighted by Crippen LogP contribution is 2.28. The van der Waals surface area contributed by atoms with Crippen molar-refractivity contribution in [3.8, 4) is 0 Å². The molecule has 3 nitrogen and oxygen atoms in total. The molecule has 138 valence electrons. The van der Waals surface area contributed by atoms with E-state index in [0.29, 0.717) is 6.42 Å². The molecule has 1 aromatic heterocycles. The molecule has 0 radical (unpaired) electrons. The zero-order chi connectivity index (χ0) is 19.2. The minimum Gasteiger partial charge on any atom is -0.461 e. The van der Waals surface area contributed by atoms with Crippen molar-refractivity contribution < 1.29 is 9.53 Å². The summed E-state index contributed by atoms with van der Waals surface area (Å²) in [5, 5.41) is 1.04. The number of fused-ring (bicyclic) bond motifs is 1. The summed E-state index contributed by atoms with van der Waals surface area (Å²) in [6.07, 6.45) is 2.06. The van der Waals surface area contributed by atoms with Crippen molar-refractivity contribution in [3.63, 3.8) is 0 Å². The lowest BCUT2D eigenvalue weighted by atomic mass is 9.89. The van der Waals surface area contributed by atoms with Crippen molar-refractivity contribution in [1.29, 1.82) is 0 Å². The summed E-state index contributed by atoms with van der Waals surface area (Å²) in [6.45, 7) is 0.226. The Labute approximate surface area is 164 Å². The van der Waals surface area contributed by atoms with Gasteiger partial charge in [-0.2, -0.15) is 0 Å². The number of para-hydroxylation sites is 1. The lowest BCUT2D eigenvalue weighted by Crippen LogP contribution is -2.12. The topological polar surface area (TPSA) is 39.2 Å². The molecule has 4 aromatic rings. The van der Waals surface area contributed by atoms with Crippen LogP contribution in [0.3, 0.4) is 0 Å². The van der Waals surface area contributed by atoms with Crippen LogP contribution in [0.4, 0.5) is 0 Å². The van der Waals surface area contributed by atoms with Gasteiger partial charge in [-0.3, -0.25) is 9.78 Å². The van der Waals surface area contributed by atoms with Crippen molar-refractivity contribution in [1.82, 2.24) is 4.98 Å². The predicted molar refractivity (Wildman–Crippen MR) is 111 cm³/mol. The van der Waals surface area contributed by atoms with Gasteiger partial charge in [0.15, 0.2) is 0 Å². The van der Waals surface area contributed by atoms with Gasteiger partial charge in [0.25, 0.3) is 0 Å². The fourth-order valence-corrected chi connectivity index (χ4v) is 3.47. The van der Waals surface area contributed by atoms with Crippen LogP contribution in [0.1, 0.15) is 29.0 Å². The van der Waals surface area contributed by atoms with Crippen molar-refractivity contribution >= 4 is 16.9 Å². The van der Waals surface area contributed by atoms with Crippen molar-refractivity contribution in [3.05, 3.63) is 114 Å². The second-order valence-corrected chi connectivity index (χ2v) is 6.73. The first-order valence-corrected chi connectivity index (χ1v) is 9.39. The van der Waals surface area contributed by atoms with Crippen molar-refractivity contribution in [2.45, 2.75) is 18.9 Å². The molecule has 0 aliphatic rings. The van der Waals surface area contributed by atoms with Crippen LogP contribution in [-0.2, 0) is 16.1 Å². The number of hydrogen-bond donors (Lipinski definition) is 0. The van der Waals surface area contributed by atoms with E-state index in [1.165, 1.54) is 0 Å². The number of rotatable bonds is 6. The van der Waals surface area contributed by atoms with Crippen LogP contribution in [0.25, 0.3) is 10.9 Å². The summed E-state index contributed by atoms with van der Waals surface area (Å²) in [7, 11) is 0. The largest absolute Gasteiger partial charge is 0.461 e. The van der Waals surface area contributed by atoms with Crippen LogP contribution >= 0.6 is 0 Å². The first-order chi connectivity index (χ1) is 13.8. The number of carbonyl (C=O) groups is 1. The van der Waals surface area contributed by atoms with Gasteiger partial charge < -0.3 is 4.74 Å². The minimum atomic E-state index is -0.217. The summed E-state index contributed by atoms with van der Waals surface area (Å²) in [6, 6.07) is 30.0. The monoisotopic (exact) mass is 367 g/mol. The lowest BCUT2D eigenvalue weighted by Gasteiger charge is -2.17. The van der Waals surface area contributed by atoms with Crippen molar-refractivity contribution in [2.24, 2.45) is 0 Å². The number of nitrogens with zero attached hydrogens (tertiary/aromatic N) is 1. The first-order valence-electron chi connectivity index (χ1n) is 9.39. The van der Waals surface area contributed by atoms with Crippen LogP contribution in [0.2, 0.25) is 0 Å². The van der Waals surface area contributed by atoms with Gasteiger partial charge in [-0.05, 0) is 17.2 Å². The van der Waals surface area contributed by atoms with Gasteiger partial charge in [-0.1, -0.05) is 84.9 Å². The van der Waals surface area contributed by atoms with E-state index in [-0.39, 0.29) is 18.5 Å². The summed E-state index contributed by atoms with van der Waals surface area (Å²) >= 11 is 0. The van der Waals surface area contributed by atoms with Gasteiger partial charge in [0.05, 0.1) is 11.9 Å². The molecule has 4 rings (SSSR count). The highest BCUT2D eigenvalue weighted by molar-refractivity contribution is 5.81. The average molecular weight is 367 g/mol. The van der Waals surface area contributed by atoms with Crippen LogP contribution in [0, 0.1) is 0 Å². The van der Waals surface area contributed by atoms with Crippen LogP contribution in [0.15, 0.2) is 97.2 Å². The normalized spacial score (nSPS) is 10.9. The van der Waals surface area contributed by atoms with E-state index in [4.69, 9.17) is 4.74 Å². The average Bonchev–Trinajstić information content (AvgIpc) is 2.77. The number of pyridine rings is 1. The minimum absolute atomic E-state index is 0.0273.